The summed E-state index contributed by atoms with van der Waals surface area (Å²) in [5.74, 6) is 1.02. The van der Waals surface area contributed by atoms with Gasteiger partial charge in [-0.05, 0) is 12.1 Å². The van der Waals surface area contributed by atoms with E-state index in [-0.39, 0.29) is 5.91 Å². The first kappa shape index (κ1) is 19.8. The fraction of sp³-hybridized carbons (Fsp3) is 0.160. The number of amides is 1. The van der Waals surface area contributed by atoms with E-state index in [1.54, 1.807) is 18.6 Å². The third kappa shape index (κ3) is 3.47. The Bertz CT molecular complexity index is 1380. The molecule has 2 aromatic carbocycles. The number of benzene rings is 2. The van der Waals surface area contributed by atoms with Crippen LogP contribution in [0.25, 0.3) is 39.0 Å². The number of rotatable bonds is 3. The molecule has 0 aliphatic carbocycles. The molecule has 0 bridgehead atoms. The summed E-state index contributed by atoms with van der Waals surface area (Å²) in [4.78, 5) is 30.0. The molecule has 7 heteroatoms. The second-order valence-corrected chi connectivity index (χ2v) is 8.62. The monoisotopic (exact) mass is 422 g/mol. The zero-order chi connectivity index (χ0) is 22.3. The average molecular weight is 422 g/mol. The molecule has 5 rings (SSSR count). The summed E-state index contributed by atoms with van der Waals surface area (Å²) in [5.41, 5.74) is 2.84. The van der Waals surface area contributed by atoms with Gasteiger partial charge in [0.2, 0.25) is 5.91 Å². The SMILES string of the molecule is CC(C)(C)C(=O)Nc1cnc(-c2cnc(-n3c4ccccc4c4ccccc43)cn2)cn1. The molecule has 0 saturated heterocycles. The van der Waals surface area contributed by atoms with Crippen LogP contribution in [0, 0.1) is 5.41 Å². The lowest BCUT2D eigenvalue weighted by Gasteiger charge is -2.16. The van der Waals surface area contributed by atoms with E-state index in [0.29, 0.717) is 17.2 Å². The molecular formula is C25H22N6O. The molecule has 0 radical (unpaired) electrons. The van der Waals surface area contributed by atoms with Crippen molar-refractivity contribution in [1.82, 2.24) is 24.5 Å². The van der Waals surface area contributed by atoms with Crippen molar-refractivity contribution in [3.63, 3.8) is 0 Å². The first-order valence-corrected chi connectivity index (χ1v) is 10.4. The molecule has 0 aliphatic rings. The summed E-state index contributed by atoms with van der Waals surface area (Å²) >= 11 is 0. The smallest absolute Gasteiger partial charge is 0.230 e. The van der Waals surface area contributed by atoms with E-state index in [0.717, 1.165) is 16.9 Å². The summed E-state index contributed by atoms with van der Waals surface area (Å²) in [6.07, 6.45) is 6.55. The summed E-state index contributed by atoms with van der Waals surface area (Å²) in [6, 6.07) is 16.5. The highest BCUT2D eigenvalue weighted by atomic mass is 16.2. The van der Waals surface area contributed by atoms with Crippen molar-refractivity contribution in [1.29, 1.82) is 0 Å². The van der Waals surface area contributed by atoms with E-state index >= 15 is 0 Å². The summed E-state index contributed by atoms with van der Waals surface area (Å²) < 4.78 is 2.11. The second kappa shape index (κ2) is 7.53. The molecule has 1 amide bonds. The molecule has 1 N–H and O–H groups in total. The summed E-state index contributed by atoms with van der Waals surface area (Å²) in [5, 5.41) is 5.12. The van der Waals surface area contributed by atoms with Gasteiger partial charge in [0.25, 0.3) is 0 Å². The number of carbonyl (C=O) groups is 1. The molecule has 0 unspecified atom stereocenters. The molecule has 0 saturated carbocycles. The number of fused-ring (bicyclic) bond motifs is 3. The van der Waals surface area contributed by atoms with E-state index in [9.17, 15) is 4.79 Å². The predicted molar refractivity (Wildman–Crippen MR) is 125 cm³/mol. The third-order valence-corrected chi connectivity index (χ3v) is 5.28. The molecule has 0 atom stereocenters. The van der Waals surface area contributed by atoms with Gasteiger partial charge in [-0.25, -0.2) is 19.9 Å². The van der Waals surface area contributed by atoms with Crippen molar-refractivity contribution in [2.45, 2.75) is 20.8 Å². The lowest BCUT2D eigenvalue weighted by Crippen LogP contribution is -2.28. The number of nitrogens with one attached hydrogen (secondary N) is 1. The van der Waals surface area contributed by atoms with Crippen LogP contribution >= 0.6 is 0 Å². The van der Waals surface area contributed by atoms with Crippen molar-refractivity contribution >= 4 is 33.5 Å². The van der Waals surface area contributed by atoms with Gasteiger partial charge in [0.15, 0.2) is 11.6 Å². The van der Waals surface area contributed by atoms with E-state index < -0.39 is 5.41 Å². The van der Waals surface area contributed by atoms with Gasteiger partial charge >= 0.3 is 0 Å². The van der Waals surface area contributed by atoms with Crippen LogP contribution in [0.3, 0.4) is 0 Å². The number of para-hydroxylation sites is 2. The van der Waals surface area contributed by atoms with Crippen LogP contribution in [0.1, 0.15) is 20.8 Å². The number of nitrogens with zero attached hydrogens (tertiary/aromatic N) is 5. The predicted octanol–water partition coefficient (Wildman–Crippen LogP) is 5.02. The number of anilines is 1. The van der Waals surface area contributed by atoms with Crippen LogP contribution in [0.5, 0.6) is 0 Å². The standard InChI is InChI=1S/C25H22N6O/c1-25(2,3)24(32)30-22-14-26-18(12-28-22)19-13-29-23(15-27-19)31-20-10-6-4-8-16(20)17-9-5-7-11-21(17)31/h4-15H,1-3H3,(H,28,30,32). The molecule has 3 aromatic heterocycles. The minimum Gasteiger partial charge on any atom is -0.309 e. The van der Waals surface area contributed by atoms with Crippen molar-refractivity contribution in [2.75, 3.05) is 5.32 Å². The lowest BCUT2D eigenvalue weighted by molar-refractivity contribution is -0.123. The molecule has 0 spiro atoms. The number of carbonyl (C=O) groups excluding carboxylic acids is 1. The normalized spacial score (nSPS) is 11.7. The summed E-state index contributed by atoms with van der Waals surface area (Å²) in [7, 11) is 0. The number of hydrogen-bond donors (Lipinski definition) is 1. The third-order valence-electron chi connectivity index (χ3n) is 5.28. The van der Waals surface area contributed by atoms with Crippen molar-refractivity contribution in [2.24, 2.45) is 5.41 Å². The highest BCUT2D eigenvalue weighted by molar-refractivity contribution is 6.09. The summed E-state index contributed by atoms with van der Waals surface area (Å²) in [6.45, 7) is 5.54. The molecule has 0 aliphatic heterocycles. The van der Waals surface area contributed by atoms with Crippen LogP contribution in [0.15, 0.2) is 73.3 Å². The molecule has 5 aromatic rings. The zero-order valence-corrected chi connectivity index (χ0v) is 18.1. The van der Waals surface area contributed by atoms with Gasteiger partial charge in [-0.3, -0.25) is 9.36 Å². The number of aromatic nitrogens is 5. The highest BCUT2D eigenvalue weighted by Gasteiger charge is 2.21. The van der Waals surface area contributed by atoms with Gasteiger partial charge in [0.1, 0.15) is 11.4 Å². The largest absolute Gasteiger partial charge is 0.309 e. The van der Waals surface area contributed by atoms with Crippen LogP contribution in [-0.2, 0) is 4.79 Å². The van der Waals surface area contributed by atoms with Crippen molar-refractivity contribution in [3.8, 4) is 17.2 Å². The second-order valence-electron chi connectivity index (χ2n) is 8.62. The molecule has 3 heterocycles. The Kier molecular flexibility index (Phi) is 4.66. The Balaban J connectivity index is 1.47. The molecule has 0 fully saturated rings. The maximum atomic E-state index is 12.1. The maximum absolute atomic E-state index is 12.1. The molecule has 32 heavy (non-hydrogen) atoms. The first-order chi connectivity index (χ1) is 15.4. The fourth-order valence-electron chi connectivity index (χ4n) is 3.57. The van der Waals surface area contributed by atoms with E-state index in [1.165, 1.54) is 17.0 Å². The van der Waals surface area contributed by atoms with Gasteiger partial charge in [-0.15, -0.1) is 0 Å². The van der Waals surface area contributed by atoms with Crippen LogP contribution in [0.4, 0.5) is 5.82 Å². The Morgan fingerprint density at radius 3 is 1.81 bits per heavy atom. The molecule has 158 valence electrons. The van der Waals surface area contributed by atoms with E-state index in [4.69, 9.17) is 0 Å². The van der Waals surface area contributed by atoms with Crippen molar-refractivity contribution in [3.05, 3.63) is 73.3 Å². The lowest BCUT2D eigenvalue weighted by atomic mass is 9.96. The maximum Gasteiger partial charge on any atom is 0.230 e. The van der Waals surface area contributed by atoms with Crippen LogP contribution < -0.4 is 5.32 Å². The highest BCUT2D eigenvalue weighted by Crippen LogP contribution is 2.31. The van der Waals surface area contributed by atoms with Gasteiger partial charge in [-0.2, -0.15) is 0 Å². The topological polar surface area (TPSA) is 85.6 Å². The van der Waals surface area contributed by atoms with Crippen LogP contribution in [0.2, 0.25) is 0 Å². The molecular weight excluding hydrogens is 400 g/mol. The van der Waals surface area contributed by atoms with Crippen LogP contribution in [-0.4, -0.2) is 30.4 Å². The Morgan fingerprint density at radius 1 is 0.750 bits per heavy atom. The van der Waals surface area contributed by atoms with Gasteiger partial charge in [0, 0.05) is 16.2 Å². The van der Waals surface area contributed by atoms with E-state index in [2.05, 4.69) is 54.1 Å². The van der Waals surface area contributed by atoms with E-state index in [1.807, 2.05) is 45.0 Å². The first-order valence-electron chi connectivity index (χ1n) is 10.4. The number of hydrogen-bond acceptors (Lipinski definition) is 5. The quantitative estimate of drug-likeness (QED) is 0.441. The Labute approximate surface area is 185 Å². The van der Waals surface area contributed by atoms with Gasteiger partial charge in [-0.1, -0.05) is 57.2 Å². The van der Waals surface area contributed by atoms with Gasteiger partial charge in [0.05, 0.1) is 35.8 Å². The van der Waals surface area contributed by atoms with Crippen molar-refractivity contribution < 1.29 is 4.79 Å². The fourth-order valence-corrected chi connectivity index (χ4v) is 3.57. The Morgan fingerprint density at radius 2 is 1.31 bits per heavy atom. The minimum absolute atomic E-state index is 0.116. The zero-order valence-electron chi connectivity index (χ0n) is 18.1. The Hall–Kier alpha value is -4.13. The van der Waals surface area contributed by atoms with Gasteiger partial charge < -0.3 is 5.32 Å². The average Bonchev–Trinajstić information content (AvgIpc) is 3.14. The minimum atomic E-state index is -0.505. The molecule has 7 nitrogen and oxygen atoms in total.